The van der Waals surface area contributed by atoms with Crippen LogP contribution >= 0.6 is 0 Å². The van der Waals surface area contributed by atoms with Crippen molar-refractivity contribution in [3.63, 3.8) is 0 Å². The Bertz CT molecular complexity index is 1190. The lowest BCUT2D eigenvalue weighted by Crippen LogP contribution is -2.29. The van der Waals surface area contributed by atoms with Crippen molar-refractivity contribution < 1.29 is 9.21 Å². The van der Waals surface area contributed by atoms with Crippen molar-refractivity contribution in [2.75, 3.05) is 26.0 Å². The Balaban J connectivity index is 1.64. The molecule has 4 rings (SSSR count). The fourth-order valence-electron chi connectivity index (χ4n) is 3.75. The van der Waals surface area contributed by atoms with Crippen LogP contribution in [0.5, 0.6) is 0 Å². The molecular formula is C21H24N4O4. The number of nitrogens with one attached hydrogen (secondary N) is 1. The van der Waals surface area contributed by atoms with Crippen molar-refractivity contribution >= 4 is 22.7 Å². The predicted molar refractivity (Wildman–Crippen MR) is 111 cm³/mol. The summed E-state index contributed by atoms with van der Waals surface area (Å²) < 4.78 is 8.56. The van der Waals surface area contributed by atoms with Crippen LogP contribution in [0.15, 0.2) is 44.3 Å². The minimum absolute atomic E-state index is 0.0685. The lowest BCUT2D eigenvalue weighted by atomic mass is 10.0. The molecule has 29 heavy (non-hydrogen) atoms. The van der Waals surface area contributed by atoms with E-state index in [0.717, 1.165) is 18.5 Å². The summed E-state index contributed by atoms with van der Waals surface area (Å²) in [6.07, 6.45) is 2.62. The highest BCUT2D eigenvalue weighted by molar-refractivity contribution is 6.05. The van der Waals surface area contributed by atoms with E-state index in [0.29, 0.717) is 48.4 Å². The molecule has 0 spiro atoms. The average molecular weight is 396 g/mol. The second-order valence-corrected chi connectivity index (χ2v) is 7.60. The molecule has 0 bridgehead atoms. The van der Waals surface area contributed by atoms with Gasteiger partial charge >= 0.3 is 5.76 Å². The summed E-state index contributed by atoms with van der Waals surface area (Å²) in [7, 11) is 3.87. The van der Waals surface area contributed by atoms with E-state index in [-0.39, 0.29) is 11.5 Å². The smallest absolute Gasteiger partial charge is 0.408 e. The van der Waals surface area contributed by atoms with Gasteiger partial charge in [0.15, 0.2) is 5.58 Å². The fourth-order valence-corrected chi connectivity index (χ4v) is 3.75. The van der Waals surface area contributed by atoms with E-state index in [1.807, 2.05) is 19.0 Å². The third-order valence-corrected chi connectivity index (χ3v) is 5.28. The zero-order valence-corrected chi connectivity index (χ0v) is 16.6. The van der Waals surface area contributed by atoms with Crippen molar-refractivity contribution in [1.82, 2.24) is 14.0 Å². The molecular weight excluding hydrogens is 372 g/mol. The largest absolute Gasteiger partial charge is 0.419 e. The van der Waals surface area contributed by atoms with E-state index in [1.54, 1.807) is 33.4 Å². The number of aromatic nitrogens is 2. The maximum absolute atomic E-state index is 12.9. The van der Waals surface area contributed by atoms with Crippen molar-refractivity contribution in [1.29, 1.82) is 0 Å². The molecule has 8 nitrogen and oxygen atoms in total. The SMILES string of the molecule is CN(C)CCn1c(=O)oc2ccc(NC(=O)c3ccc(=O)n4c3CCCC4)cc21. The summed E-state index contributed by atoms with van der Waals surface area (Å²) in [5, 5.41) is 2.90. The van der Waals surface area contributed by atoms with Crippen LogP contribution in [0.25, 0.3) is 11.1 Å². The summed E-state index contributed by atoms with van der Waals surface area (Å²) in [4.78, 5) is 39.1. The number of rotatable bonds is 5. The van der Waals surface area contributed by atoms with Gasteiger partial charge in [0.2, 0.25) is 0 Å². The van der Waals surface area contributed by atoms with E-state index in [1.165, 1.54) is 6.07 Å². The van der Waals surface area contributed by atoms with Gasteiger partial charge in [0, 0.05) is 37.1 Å². The van der Waals surface area contributed by atoms with E-state index in [2.05, 4.69) is 5.32 Å². The molecule has 1 amide bonds. The third kappa shape index (κ3) is 3.75. The predicted octanol–water partition coefficient (Wildman–Crippen LogP) is 1.91. The molecule has 0 fully saturated rings. The average Bonchev–Trinajstić information content (AvgIpc) is 3.01. The van der Waals surface area contributed by atoms with Crippen molar-refractivity contribution in [2.45, 2.75) is 32.4 Å². The highest BCUT2D eigenvalue weighted by atomic mass is 16.4. The highest BCUT2D eigenvalue weighted by Crippen LogP contribution is 2.21. The number of amides is 1. The Labute approximate surface area is 167 Å². The first-order chi connectivity index (χ1) is 13.9. The van der Waals surface area contributed by atoms with Crippen LogP contribution in [0.4, 0.5) is 5.69 Å². The monoisotopic (exact) mass is 396 g/mol. The molecule has 1 aliphatic rings. The van der Waals surface area contributed by atoms with Crippen LogP contribution in [-0.4, -0.2) is 40.6 Å². The second kappa shape index (κ2) is 7.71. The van der Waals surface area contributed by atoms with Crippen molar-refractivity contribution in [3.05, 3.63) is 62.5 Å². The van der Waals surface area contributed by atoms with Gasteiger partial charge in [-0.1, -0.05) is 0 Å². The number of carbonyl (C=O) groups excluding carboxylic acids is 1. The van der Waals surface area contributed by atoms with E-state index in [4.69, 9.17) is 4.42 Å². The quantitative estimate of drug-likeness (QED) is 0.712. The van der Waals surface area contributed by atoms with Gasteiger partial charge < -0.3 is 19.2 Å². The molecule has 0 unspecified atom stereocenters. The molecule has 1 aromatic carbocycles. The molecule has 0 saturated heterocycles. The molecule has 3 aromatic rings. The first-order valence-electron chi connectivity index (χ1n) is 9.76. The number of pyridine rings is 1. The Kier molecular flexibility index (Phi) is 5.10. The Hall–Kier alpha value is -3.13. The number of oxazole rings is 1. The number of hydrogen-bond donors (Lipinski definition) is 1. The normalized spacial score (nSPS) is 13.6. The molecule has 2 aromatic heterocycles. The van der Waals surface area contributed by atoms with E-state index >= 15 is 0 Å². The van der Waals surface area contributed by atoms with E-state index in [9.17, 15) is 14.4 Å². The van der Waals surface area contributed by atoms with Gasteiger partial charge in [-0.2, -0.15) is 0 Å². The number of fused-ring (bicyclic) bond motifs is 2. The Morgan fingerprint density at radius 3 is 2.79 bits per heavy atom. The number of carbonyl (C=O) groups is 1. The molecule has 0 aliphatic carbocycles. The van der Waals surface area contributed by atoms with Crippen LogP contribution in [0, 0.1) is 0 Å². The molecule has 0 radical (unpaired) electrons. The minimum atomic E-state index is -0.415. The standard InChI is InChI=1S/C21H24N4O4/c1-23(2)11-12-25-17-13-14(6-8-18(17)29-21(25)28)22-20(27)15-7-9-19(26)24-10-4-3-5-16(15)24/h6-9,13H,3-5,10-12H2,1-2H3,(H,22,27). The molecule has 8 heteroatoms. The van der Waals surface area contributed by atoms with Crippen LogP contribution in [-0.2, 0) is 19.5 Å². The zero-order valence-electron chi connectivity index (χ0n) is 16.6. The van der Waals surface area contributed by atoms with Crippen LogP contribution in [0.3, 0.4) is 0 Å². The molecule has 1 N–H and O–H groups in total. The Morgan fingerprint density at radius 2 is 2.00 bits per heavy atom. The van der Waals surface area contributed by atoms with Gasteiger partial charge in [-0.05, 0) is 57.6 Å². The summed E-state index contributed by atoms with van der Waals surface area (Å²) in [6, 6.07) is 8.18. The minimum Gasteiger partial charge on any atom is -0.408 e. The molecule has 1 aliphatic heterocycles. The lowest BCUT2D eigenvalue weighted by Gasteiger charge is -2.20. The first kappa shape index (κ1) is 19.2. The lowest BCUT2D eigenvalue weighted by molar-refractivity contribution is 0.102. The number of benzene rings is 1. The maximum atomic E-state index is 12.9. The van der Waals surface area contributed by atoms with Crippen molar-refractivity contribution in [3.8, 4) is 0 Å². The summed E-state index contributed by atoms with van der Waals surface area (Å²) in [6.45, 7) is 1.83. The van der Waals surface area contributed by atoms with Gasteiger partial charge in [0.25, 0.3) is 11.5 Å². The summed E-state index contributed by atoms with van der Waals surface area (Å²) >= 11 is 0. The topological polar surface area (TPSA) is 89.5 Å². The number of likely N-dealkylation sites (N-methyl/N-ethyl adjacent to an activating group) is 1. The van der Waals surface area contributed by atoms with Crippen LogP contribution < -0.4 is 16.6 Å². The third-order valence-electron chi connectivity index (χ3n) is 5.28. The van der Waals surface area contributed by atoms with Crippen LogP contribution in [0.2, 0.25) is 0 Å². The molecule has 3 heterocycles. The zero-order chi connectivity index (χ0) is 20.5. The highest BCUT2D eigenvalue weighted by Gasteiger charge is 2.19. The number of nitrogens with zero attached hydrogens (tertiary/aromatic N) is 3. The molecule has 0 saturated carbocycles. The fraction of sp³-hybridized carbons (Fsp3) is 0.381. The number of anilines is 1. The van der Waals surface area contributed by atoms with Gasteiger partial charge in [0.05, 0.1) is 11.1 Å². The van der Waals surface area contributed by atoms with Gasteiger partial charge in [-0.3, -0.25) is 14.2 Å². The summed E-state index contributed by atoms with van der Waals surface area (Å²) in [5.41, 5.74) is 2.93. The number of hydrogen-bond acceptors (Lipinski definition) is 5. The van der Waals surface area contributed by atoms with E-state index < -0.39 is 5.76 Å². The summed E-state index contributed by atoms with van der Waals surface area (Å²) in [5.74, 6) is -0.678. The van der Waals surface area contributed by atoms with Gasteiger partial charge in [0.1, 0.15) is 0 Å². The van der Waals surface area contributed by atoms with Gasteiger partial charge in [-0.25, -0.2) is 4.79 Å². The first-order valence-corrected chi connectivity index (χ1v) is 9.76. The van der Waals surface area contributed by atoms with Gasteiger partial charge in [-0.15, -0.1) is 0 Å². The second-order valence-electron chi connectivity index (χ2n) is 7.60. The molecule has 0 atom stereocenters. The van der Waals surface area contributed by atoms with Crippen LogP contribution in [0.1, 0.15) is 28.9 Å². The van der Waals surface area contributed by atoms with Crippen molar-refractivity contribution in [2.24, 2.45) is 0 Å². The maximum Gasteiger partial charge on any atom is 0.419 e. The molecule has 152 valence electrons. The Morgan fingerprint density at radius 1 is 1.17 bits per heavy atom.